The van der Waals surface area contributed by atoms with Gasteiger partial charge in [-0.1, -0.05) is 23.5 Å². The first-order chi connectivity index (χ1) is 15.1. The van der Waals surface area contributed by atoms with Gasteiger partial charge in [0.2, 0.25) is 5.91 Å². The highest BCUT2D eigenvalue weighted by Gasteiger charge is 2.42. The first-order valence-corrected chi connectivity index (χ1v) is 11.9. The average Bonchev–Trinajstić information content (AvgIpc) is 3.32. The van der Waals surface area contributed by atoms with Crippen LogP contribution in [-0.4, -0.2) is 49.7 Å². The molecular weight excluding hydrogens is 413 g/mol. The fourth-order valence-electron chi connectivity index (χ4n) is 5.22. The number of carbonyl (C=O) groups excluding carboxylic acids is 1. The van der Waals surface area contributed by atoms with Crippen molar-refractivity contribution in [1.82, 2.24) is 25.1 Å². The number of hydrogen-bond donors (Lipinski definition) is 0. The zero-order valence-electron chi connectivity index (χ0n) is 17.6. The van der Waals surface area contributed by atoms with Gasteiger partial charge in [-0.15, -0.1) is 10.2 Å². The Bertz CT molecular complexity index is 1090. The number of halogens is 1. The molecule has 162 valence electrons. The lowest BCUT2D eigenvalue weighted by atomic mass is 9.87. The van der Waals surface area contributed by atoms with Crippen molar-refractivity contribution >= 4 is 28.1 Å². The summed E-state index contributed by atoms with van der Waals surface area (Å²) in [5, 5.41) is 11.0. The highest BCUT2D eigenvalue weighted by Crippen LogP contribution is 2.40. The standard InChI is InChI=1S/C23H26FN5OS/c1-14-27-28-23(31-14)16-4-5-17-13-25-21(26-20(17)11-16)12-22(30)29-18-6-7-19(29)10-15(9-18)3-2-8-24/h4-5,11,13,15,18-19H,2-3,6-10,12H2,1H3/t15?,18-,19+. The molecule has 2 bridgehead atoms. The van der Waals surface area contributed by atoms with E-state index in [-0.39, 0.29) is 19.0 Å². The van der Waals surface area contributed by atoms with E-state index in [4.69, 9.17) is 0 Å². The fraction of sp³-hybridized carbons (Fsp3) is 0.522. The third-order valence-electron chi connectivity index (χ3n) is 6.58. The summed E-state index contributed by atoms with van der Waals surface area (Å²) < 4.78 is 12.6. The second-order valence-electron chi connectivity index (χ2n) is 8.72. The molecule has 5 rings (SSSR count). The van der Waals surface area contributed by atoms with E-state index >= 15 is 0 Å². The summed E-state index contributed by atoms with van der Waals surface area (Å²) >= 11 is 1.55. The highest BCUT2D eigenvalue weighted by molar-refractivity contribution is 7.14. The molecule has 0 spiro atoms. The molecule has 0 saturated carbocycles. The van der Waals surface area contributed by atoms with E-state index in [1.807, 2.05) is 25.1 Å². The molecule has 8 heteroatoms. The molecule has 1 amide bonds. The summed E-state index contributed by atoms with van der Waals surface area (Å²) in [6.07, 6.45) is 7.73. The third kappa shape index (κ3) is 4.18. The van der Waals surface area contributed by atoms with Crippen LogP contribution in [0.2, 0.25) is 0 Å². The van der Waals surface area contributed by atoms with Gasteiger partial charge >= 0.3 is 0 Å². The van der Waals surface area contributed by atoms with Gasteiger partial charge in [-0.25, -0.2) is 9.97 Å². The molecule has 2 saturated heterocycles. The van der Waals surface area contributed by atoms with Gasteiger partial charge in [-0.3, -0.25) is 9.18 Å². The number of hydrogen-bond acceptors (Lipinski definition) is 6. The number of piperidine rings is 1. The molecule has 1 unspecified atom stereocenters. The molecular formula is C23H26FN5OS. The van der Waals surface area contributed by atoms with Crippen molar-refractivity contribution in [3.8, 4) is 10.6 Å². The van der Waals surface area contributed by atoms with Crippen molar-refractivity contribution in [3.05, 3.63) is 35.2 Å². The Kier molecular flexibility index (Phi) is 5.65. The Morgan fingerprint density at radius 2 is 2.03 bits per heavy atom. The molecule has 0 N–H and O–H groups in total. The quantitative estimate of drug-likeness (QED) is 0.565. The Labute approximate surface area is 184 Å². The first-order valence-electron chi connectivity index (χ1n) is 11.0. The summed E-state index contributed by atoms with van der Waals surface area (Å²) in [5.41, 5.74) is 1.79. The number of carbonyl (C=O) groups is 1. The number of nitrogens with zero attached hydrogens (tertiary/aromatic N) is 5. The summed E-state index contributed by atoms with van der Waals surface area (Å²) in [4.78, 5) is 24.4. The van der Waals surface area contributed by atoms with E-state index in [1.165, 1.54) is 0 Å². The molecule has 2 aliphatic rings. The van der Waals surface area contributed by atoms with Crippen molar-refractivity contribution in [2.75, 3.05) is 6.67 Å². The van der Waals surface area contributed by atoms with Crippen molar-refractivity contribution in [3.63, 3.8) is 0 Å². The molecule has 6 nitrogen and oxygen atoms in total. The maximum Gasteiger partial charge on any atom is 0.230 e. The summed E-state index contributed by atoms with van der Waals surface area (Å²) in [6, 6.07) is 6.56. The molecule has 0 radical (unpaired) electrons. The molecule has 2 fully saturated rings. The maximum atomic E-state index is 13.1. The first kappa shape index (κ1) is 20.4. The molecule has 2 aromatic heterocycles. The van der Waals surface area contributed by atoms with Crippen LogP contribution < -0.4 is 0 Å². The lowest BCUT2D eigenvalue weighted by molar-refractivity contribution is -0.135. The Hall–Kier alpha value is -2.48. The largest absolute Gasteiger partial charge is 0.336 e. The molecule has 4 heterocycles. The number of fused-ring (bicyclic) bond motifs is 3. The van der Waals surface area contributed by atoms with E-state index < -0.39 is 0 Å². The summed E-state index contributed by atoms with van der Waals surface area (Å²) in [5.74, 6) is 1.23. The van der Waals surface area contributed by atoms with E-state index in [9.17, 15) is 9.18 Å². The number of aryl methyl sites for hydroxylation is 1. The van der Waals surface area contributed by atoms with Crippen molar-refractivity contribution in [1.29, 1.82) is 0 Å². The lowest BCUT2D eigenvalue weighted by Crippen LogP contribution is -2.47. The predicted molar refractivity (Wildman–Crippen MR) is 118 cm³/mol. The Morgan fingerprint density at radius 1 is 1.23 bits per heavy atom. The minimum atomic E-state index is -0.242. The fourth-order valence-corrected chi connectivity index (χ4v) is 5.91. The number of rotatable bonds is 6. The topological polar surface area (TPSA) is 71.9 Å². The zero-order valence-corrected chi connectivity index (χ0v) is 18.4. The van der Waals surface area contributed by atoms with E-state index in [0.717, 1.165) is 58.6 Å². The van der Waals surface area contributed by atoms with Gasteiger partial charge in [-0.2, -0.15) is 0 Å². The number of alkyl halides is 1. The molecule has 3 aromatic rings. The Balaban J connectivity index is 1.31. The minimum Gasteiger partial charge on any atom is -0.336 e. The Morgan fingerprint density at radius 3 is 2.74 bits per heavy atom. The highest BCUT2D eigenvalue weighted by atomic mass is 32.1. The van der Waals surface area contributed by atoms with Crippen LogP contribution in [0, 0.1) is 12.8 Å². The van der Waals surface area contributed by atoms with Crippen molar-refractivity contribution in [2.24, 2.45) is 5.92 Å². The number of benzene rings is 1. The zero-order chi connectivity index (χ0) is 21.4. The normalized spacial score (nSPS) is 22.9. The van der Waals surface area contributed by atoms with Gasteiger partial charge in [0, 0.05) is 29.2 Å². The summed E-state index contributed by atoms with van der Waals surface area (Å²) in [6.45, 7) is 1.69. The third-order valence-corrected chi connectivity index (χ3v) is 7.47. The SMILES string of the molecule is Cc1nnc(-c2ccc3cnc(CC(=O)N4[C@@H]5CC[C@H]4CC(CCCF)C5)nc3c2)s1. The second-order valence-corrected chi connectivity index (χ2v) is 9.90. The van der Waals surface area contributed by atoms with Crippen LogP contribution in [0.3, 0.4) is 0 Å². The average molecular weight is 440 g/mol. The predicted octanol–water partition coefficient (Wildman–Crippen LogP) is 4.52. The van der Waals surface area contributed by atoms with Gasteiger partial charge in [0.15, 0.2) is 0 Å². The molecule has 0 aliphatic carbocycles. The summed E-state index contributed by atoms with van der Waals surface area (Å²) in [7, 11) is 0. The molecule has 31 heavy (non-hydrogen) atoms. The second kappa shape index (κ2) is 8.57. The molecule has 2 aliphatic heterocycles. The van der Waals surface area contributed by atoms with E-state index in [0.29, 0.717) is 30.2 Å². The molecule has 3 atom stereocenters. The van der Waals surface area contributed by atoms with Crippen LogP contribution in [0.5, 0.6) is 0 Å². The van der Waals surface area contributed by atoms with Gasteiger partial charge in [0.25, 0.3) is 0 Å². The minimum absolute atomic E-state index is 0.117. The van der Waals surface area contributed by atoms with Crippen molar-refractivity contribution in [2.45, 2.75) is 64.0 Å². The number of aromatic nitrogens is 4. The van der Waals surface area contributed by atoms with Crippen LogP contribution in [0.25, 0.3) is 21.5 Å². The van der Waals surface area contributed by atoms with Crippen LogP contribution in [0.4, 0.5) is 4.39 Å². The van der Waals surface area contributed by atoms with Gasteiger partial charge < -0.3 is 4.90 Å². The lowest BCUT2D eigenvalue weighted by Gasteiger charge is -2.39. The van der Waals surface area contributed by atoms with Crippen molar-refractivity contribution < 1.29 is 9.18 Å². The van der Waals surface area contributed by atoms with Crippen LogP contribution in [0.15, 0.2) is 24.4 Å². The van der Waals surface area contributed by atoms with E-state index in [2.05, 4.69) is 25.1 Å². The monoisotopic (exact) mass is 439 g/mol. The van der Waals surface area contributed by atoms with Gasteiger partial charge in [0.05, 0.1) is 18.6 Å². The molecule has 1 aromatic carbocycles. The van der Waals surface area contributed by atoms with E-state index in [1.54, 1.807) is 17.5 Å². The van der Waals surface area contributed by atoms with Crippen LogP contribution >= 0.6 is 11.3 Å². The maximum absolute atomic E-state index is 13.1. The van der Waals surface area contributed by atoms with Crippen LogP contribution in [0.1, 0.15) is 49.4 Å². The van der Waals surface area contributed by atoms with Gasteiger partial charge in [0.1, 0.15) is 15.8 Å². The van der Waals surface area contributed by atoms with Gasteiger partial charge in [-0.05, 0) is 57.4 Å². The van der Waals surface area contributed by atoms with Crippen LogP contribution in [-0.2, 0) is 11.2 Å². The number of amides is 1. The smallest absolute Gasteiger partial charge is 0.230 e.